The van der Waals surface area contributed by atoms with Gasteiger partial charge in [-0.25, -0.2) is 9.97 Å². The summed E-state index contributed by atoms with van der Waals surface area (Å²) < 4.78 is 0. The molecule has 1 N–H and O–H groups in total. The summed E-state index contributed by atoms with van der Waals surface area (Å²) in [7, 11) is 0. The molecule has 0 aliphatic carbocycles. The molecule has 1 amide bonds. The van der Waals surface area contributed by atoms with E-state index >= 15 is 0 Å². The lowest BCUT2D eigenvalue weighted by molar-refractivity contribution is 0.0776. The van der Waals surface area contributed by atoms with Gasteiger partial charge in [0.2, 0.25) is 0 Å². The molecule has 4 rings (SSSR count). The van der Waals surface area contributed by atoms with Gasteiger partial charge in [0, 0.05) is 49.8 Å². The quantitative estimate of drug-likeness (QED) is 0.902. The Hall–Kier alpha value is -2.51. The fourth-order valence-electron chi connectivity index (χ4n) is 3.66. The van der Waals surface area contributed by atoms with Crippen molar-refractivity contribution in [1.29, 1.82) is 0 Å². The number of anilines is 1. The first kappa shape index (κ1) is 15.0. The molecule has 0 saturated carbocycles. The fraction of sp³-hybridized carbons (Fsp3) is 0.562. The van der Waals surface area contributed by atoms with Crippen molar-refractivity contribution >= 4 is 11.7 Å². The summed E-state index contributed by atoms with van der Waals surface area (Å²) in [4.78, 5) is 25.4. The molecule has 2 unspecified atom stereocenters. The van der Waals surface area contributed by atoms with Gasteiger partial charge in [-0.05, 0) is 5.92 Å². The van der Waals surface area contributed by atoms with Crippen LogP contribution in [0.2, 0.25) is 0 Å². The minimum absolute atomic E-state index is 0.0335. The lowest BCUT2D eigenvalue weighted by Gasteiger charge is -2.22. The van der Waals surface area contributed by atoms with Crippen LogP contribution in [0, 0.1) is 11.8 Å². The summed E-state index contributed by atoms with van der Waals surface area (Å²) in [5, 5.41) is 10.1. The maximum Gasteiger partial charge on any atom is 0.276 e. The second-order valence-corrected chi connectivity index (χ2v) is 6.95. The van der Waals surface area contributed by atoms with Gasteiger partial charge in [-0.2, -0.15) is 15.4 Å². The van der Waals surface area contributed by atoms with Gasteiger partial charge in [0.25, 0.3) is 5.91 Å². The summed E-state index contributed by atoms with van der Waals surface area (Å²) in [6, 6.07) is 2.09. The number of fused-ring (bicyclic) bond motifs is 1. The minimum Gasteiger partial charge on any atom is -0.356 e. The second kappa shape index (κ2) is 5.85. The highest BCUT2D eigenvalue weighted by Crippen LogP contribution is 2.34. The first-order valence-corrected chi connectivity index (χ1v) is 8.33. The number of likely N-dealkylation sites (tertiary alicyclic amines) is 1. The van der Waals surface area contributed by atoms with Crippen LogP contribution >= 0.6 is 0 Å². The standard InChI is InChI=1S/C16H21N7O/c1-10(2)13-3-15(18-9-17-13)22-5-11-7-23(8-12(11)6-22)16(24)14-4-19-21-20-14/h3-4,9-12H,5-8H2,1-2H3,(H,19,20,21). The van der Waals surface area contributed by atoms with Crippen LogP contribution in [0.5, 0.6) is 0 Å². The van der Waals surface area contributed by atoms with E-state index in [2.05, 4.69) is 50.2 Å². The summed E-state index contributed by atoms with van der Waals surface area (Å²) in [6.07, 6.45) is 3.14. The molecule has 2 aliphatic heterocycles. The summed E-state index contributed by atoms with van der Waals surface area (Å²) in [6.45, 7) is 7.68. The van der Waals surface area contributed by atoms with E-state index in [1.165, 1.54) is 6.20 Å². The van der Waals surface area contributed by atoms with Gasteiger partial charge < -0.3 is 9.80 Å². The molecule has 2 aromatic heterocycles. The maximum atomic E-state index is 12.4. The molecule has 8 heteroatoms. The van der Waals surface area contributed by atoms with Crippen LogP contribution in [0.4, 0.5) is 5.82 Å². The number of aromatic amines is 1. The molecule has 2 saturated heterocycles. The molecule has 2 aromatic rings. The van der Waals surface area contributed by atoms with Crippen molar-refractivity contribution in [2.24, 2.45) is 11.8 Å². The number of aromatic nitrogens is 5. The van der Waals surface area contributed by atoms with Crippen LogP contribution in [0.25, 0.3) is 0 Å². The summed E-state index contributed by atoms with van der Waals surface area (Å²) >= 11 is 0. The maximum absolute atomic E-state index is 12.4. The Morgan fingerprint density at radius 1 is 1.21 bits per heavy atom. The third-order valence-corrected chi connectivity index (χ3v) is 5.00. The van der Waals surface area contributed by atoms with E-state index in [1.807, 2.05) is 4.90 Å². The van der Waals surface area contributed by atoms with E-state index in [9.17, 15) is 4.79 Å². The van der Waals surface area contributed by atoms with E-state index in [0.717, 1.165) is 37.7 Å². The van der Waals surface area contributed by atoms with E-state index in [-0.39, 0.29) is 5.91 Å². The zero-order chi connectivity index (χ0) is 16.7. The number of hydrogen-bond donors (Lipinski definition) is 1. The van der Waals surface area contributed by atoms with Crippen molar-refractivity contribution in [1.82, 2.24) is 30.3 Å². The third kappa shape index (κ3) is 2.61. The largest absolute Gasteiger partial charge is 0.356 e. The predicted octanol–water partition coefficient (Wildman–Crippen LogP) is 0.926. The summed E-state index contributed by atoms with van der Waals surface area (Å²) in [5.41, 5.74) is 1.46. The van der Waals surface area contributed by atoms with E-state index < -0.39 is 0 Å². The molecule has 0 bridgehead atoms. The van der Waals surface area contributed by atoms with E-state index in [0.29, 0.717) is 23.4 Å². The van der Waals surface area contributed by atoms with Crippen LogP contribution in [0.1, 0.15) is 35.9 Å². The van der Waals surface area contributed by atoms with Crippen molar-refractivity contribution in [3.8, 4) is 0 Å². The molecule has 0 aromatic carbocycles. The Balaban J connectivity index is 1.43. The third-order valence-electron chi connectivity index (χ3n) is 5.00. The minimum atomic E-state index is -0.0335. The van der Waals surface area contributed by atoms with E-state index in [1.54, 1.807) is 6.33 Å². The monoisotopic (exact) mass is 327 g/mol. The highest BCUT2D eigenvalue weighted by molar-refractivity contribution is 5.92. The fourth-order valence-corrected chi connectivity index (χ4v) is 3.66. The molecule has 126 valence electrons. The number of rotatable bonds is 3. The number of H-pyrrole nitrogens is 1. The topological polar surface area (TPSA) is 90.9 Å². The molecule has 8 nitrogen and oxygen atoms in total. The van der Waals surface area contributed by atoms with Gasteiger partial charge in [0.05, 0.1) is 6.20 Å². The second-order valence-electron chi connectivity index (χ2n) is 6.95. The molecular weight excluding hydrogens is 306 g/mol. The van der Waals surface area contributed by atoms with E-state index in [4.69, 9.17) is 0 Å². The average Bonchev–Trinajstić information content (AvgIpc) is 3.30. The molecule has 2 aliphatic rings. The number of nitrogens with one attached hydrogen (secondary N) is 1. The van der Waals surface area contributed by atoms with Crippen LogP contribution in [0.3, 0.4) is 0 Å². The molecule has 0 radical (unpaired) electrons. The van der Waals surface area contributed by atoms with Gasteiger partial charge in [-0.15, -0.1) is 0 Å². The number of nitrogens with zero attached hydrogens (tertiary/aromatic N) is 6. The molecule has 4 heterocycles. The number of carbonyl (C=O) groups excluding carboxylic acids is 1. The highest BCUT2D eigenvalue weighted by Gasteiger charge is 2.42. The van der Waals surface area contributed by atoms with Gasteiger partial charge >= 0.3 is 0 Å². The zero-order valence-electron chi connectivity index (χ0n) is 13.9. The lowest BCUT2D eigenvalue weighted by atomic mass is 10.0. The smallest absolute Gasteiger partial charge is 0.276 e. The Bertz CT molecular complexity index is 716. The molecular formula is C16H21N7O. The predicted molar refractivity (Wildman–Crippen MR) is 87.6 cm³/mol. The first-order valence-electron chi connectivity index (χ1n) is 8.33. The van der Waals surface area contributed by atoms with Crippen molar-refractivity contribution < 1.29 is 4.79 Å². The Labute approximate surface area is 140 Å². The van der Waals surface area contributed by atoms with Gasteiger partial charge in [-0.3, -0.25) is 4.79 Å². The van der Waals surface area contributed by atoms with Crippen LogP contribution < -0.4 is 4.90 Å². The molecule has 0 spiro atoms. The Morgan fingerprint density at radius 2 is 1.96 bits per heavy atom. The molecule has 2 fully saturated rings. The normalized spacial score (nSPS) is 23.1. The average molecular weight is 327 g/mol. The van der Waals surface area contributed by atoms with Gasteiger partial charge in [0.15, 0.2) is 5.69 Å². The SMILES string of the molecule is CC(C)c1cc(N2CC3CN(C(=O)c4cn[nH]n4)CC3C2)ncn1. The number of carbonyl (C=O) groups is 1. The molecule has 2 atom stereocenters. The molecule has 24 heavy (non-hydrogen) atoms. The van der Waals surface area contributed by atoms with Gasteiger partial charge in [0.1, 0.15) is 12.1 Å². The zero-order valence-corrected chi connectivity index (χ0v) is 13.9. The Morgan fingerprint density at radius 3 is 2.58 bits per heavy atom. The van der Waals surface area contributed by atoms with Crippen LogP contribution in [0.15, 0.2) is 18.6 Å². The van der Waals surface area contributed by atoms with Crippen molar-refractivity contribution in [3.05, 3.63) is 30.0 Å². The number of amides is 1. The highest BCUT2D eigenvalue weighted by atomic mass is 16.2. The van der Waals surface area contributed by atoms with Crippen molar-refractivity contribution in [2.75, 3.05) is 31.1 Å². The van der Waals surface area contributed by atoms with Crippen molar-refractivity contribution in [2.45, 2.75) is 19.8 Å². The Kier molecular flexibility index (Phi) is 3.66. The van der Waals surface area contributed by atoms with Crippen molar-refractivity contribution in [3.63, 3.8) is 0 Å². The van der Waals surface area contributed by atoms with Crippen LogP contribution in [-0.2, 0) is 0 Å². The number of hydrogen-bond acceptors (Lipinski definition) is 6. The first-order chi connectivity index (χ1) is 11.6. The van der Waals surface area contributed by atoms with Crippen LogP contribution in [-0.4, -0.2) is 62.4 Å². The lowest BCUT2D eigenvalue weighted by Crippen LogP contribution is -2.33. The summed E-state index contributed by atoms with van der Waals surface area (Å²) in [5.74, 6) is 2.33. The van der Waals surface area contributed by atoms with Gasteiger partial charge in [-0.1, -0.05) is 13.8 Å².